The number of amides is 1. The molecule has 6 nitrogen and oxygen atoms in total. The smallest absolute Gasteiger partial charge is 0.247 e. The Morgan fingerprint density at radius 3 is 2.60 bits per heavy atom. The Morgan fingerprint density at radius 2 is 2.05 bits per heavy atom. The Morgan fingerprint density at radius 1 is 1.35 bits per heavy atom. The van der Waals surface area contributed by atoms with Crippen molar-refractivity contribution in [3.63, 3.8) is 0 Å². The first kappa shape index (κ1) is 14.2. The van der Waals surface area contributed by atoms with E-state index in [1.54, 1.807) is 24.3 Å². The summed E-state index contributed by atoms with van der Waals surface area (Å²) in [6, 6.07) is 6.67. The third kappa shape index (κ3) is 3.64. The van der Waals surface area contributed by atoms with Crippen LogP contribution in [0.1, 0.15) is 20.3 Å². The summed E-state index contributed by atoms with van der Waals surface area (Å²) in [6.07, 6.45) is 1.93. The van der Waals surface area contributed by atoms with Gasteiger partial charge in [0.15, 0.2) is 0 Å². The highest BCUT2D eigenvalue weighted by Crippen LogP contribution is 2.19. The van der Waals surface area contributed by atoms with Gasteiger partial charge in [-0.1, -0.05) is 13.8 Å². The fourth-order valence-corrected chi connectivity index (χ4v) is 1.84. The van der Waals surface area contributed by atoms with Crippen molar-refractivity contribution in [2.24, 2.45) is 11.7 Å². The van der Waals surface area contributed by atoms with Crippen molar-refractivity contribution >= 4 is 11.6 Å². The summed E-state index contributed by atoms with van der Waals surface area (Å²) in [7, 11) is 0. The largest absolute Gasteiger partial charge is 0.423 e. The molecule has 0 saturated carbocycles. The SMILES string of the molecule is CC(C)CC(N)C(=O)Nc1ccc(-c2nnco2)cc1. The molecule has 1 heterocycles. The zero-order valence-corrected chi connectivity index (χ0v) is 11.5. The monoisotopic (exact) mass is 274 g/mol. The van der Waals surface area contributed by atoms with E-state index in [0.29, 0.717) is 23.9 Å². The van der Waals surface area contributed by atoms with Crippen LogP contribution >= 0.6 is 0 Å². The van der Waals surface area contributed by atoms with Crippen molar-refractivity contribution in [2.45, 2.75) is 26.3 Å². The van der Waals surface area contributed by atoms with Crippen molar-refractivity contribution in [1.29, 1.82) is 0 Å². The molecule has 0 aliphatic carbocycles. The molecule has 1 aromatic carbocycles. The van der Waals surface area contributed by atoms with E-state index < -0.39 is 6.04 Å². The van der Waals surface area contributed by atoms with E-state index in [1.807, 2.05) is 13.8 Å². The van der Waals surface area contributed by atoms with Gasteiger partial charge < -0.3 is 15.5 Å². The maximum absolute atomic E-state index is 11.9. The zero-order chi connectivity index (χ0) is 14.5. The average molecular weight is 274 g/mol. The van der Waals surface area contributed by atoms with Crippen LogP contribution in [0.4, 0.5) is 5.69 Å². The second kappa shape index (κ2) is 6.29. The van der Waals surface area contributed by atoms with Gasteiger partial charge in [-0.15, -0.1) is 10.2 Å². The number of hydrogen-bond donors (Lipinski definition) is 2. The number of carbonyl (C=O) groups is 1. The molecule has 0 saturated heterocycles. The van der Waals surface area contributed by atoms with Crippen molar-refractivity contribution < 1.29 is 9.21 Å². The maximum Gasteiger partial charge on any atom is 0.247 e. The first-order chi connectivity index (χ1) is 9.56. The van der Waals surface area contributed by atoms with E-state index in [-0.39, 0.29) is 5.91 Å². The van der Waals surface area contributed by atoms with Crippen molar-refractivity contribution in [3.8, 4) is 11.5 Å². The second-order valence-electron chi connectivity index (χ2n) is 5.05. The van der Waals surface area contributed by atoms with E-state index in [9.17, 15) is 4.79 Å². The first-order valence-corrected chi connectivity index (χ1v) is 6.49. The standard InChI is InChI=1S/C14H18N4O2/c1-9(2)7-12(15)13(19)17-11-5-3-10(4-6-11)14-18-16-8-20-14/h3-6,8-9,12H,7,15H2,1-2H3,(H,17,19). The molecular weight excluding hydrogens is 256 g/mol. The van der Waals surface area contributed by atoms with Crippen LogP contribution in [-0.4, -0.2) is 22.1 Å². The van der Waals surface area contributed by atoms with E-state index >= 15 is 0 Å². The number of rotatable bonds is 5. The van der Waals surface area contributed by atoms with Gasteiger partial charge in [0.25, 0.3) is 0 Å². The number of anilines is 1. The van der Waals surface area contributed by atoms with Crippen LogP contribution in [0.15, 0.2) is 35.1 Å². The molecule has 0 radical (unpaired) electrons. The van der Waals surface area contributed by atoms with Gasteiger partial charge in [0.2, 0.25) is 18.2 Å². The third-order valence-corrected chi connectivity index (χ3v) is 2.82. The van der Waals surface area contributed by atoms with Gasteiger partial charge in [0.05, 0.1) is 6.04 Å². The zero-order valence-electron chi connectivity index (χ0n) is 11.5. The molecule has 0 spiro atoms. The van der Waals surface area contributed by atoms with Crippen molar-refractivity contribution in [3.05, 3.63) is 30.7 Å². The van der Waals surface area contributed by atoms with E-state index in [2.05, 4.69) is 15.5 Å². The predicted molar refractivity (Wildman–Crippen MR) is 75.8 cm³/mol. The molecule has 1 amide bonds. The minimum Gasteiger partial charge on any atom is -0.423 e. The molecule has 3 N–H and O–H groups in total. The molecular formula is C14H18N4O2. The number of nitrogens with one attached hydrogen (secondary N) is 1. The second-order valence-corrected chi connectivity index (χ2v) is 5.05. The molecule has 0 aliphatic rings. The number of benzene rings is 1. The highest BCUT2D eigenvalue weighted by molar-refractivity contribution is 5.94. The fourth-order valence-electron chi connectivity index (χ4n) is 1.84. The topological polar surface area (TPSA) is 94.0 Å². The Balaban J connectivity index is 1.99. The molecule has 1 unspecified atom stereocenters. The van der Waals surface area contributed by atoms with Gasteiger partial charge in [0.1, 0.15) is 0 Å². The first-order valence-electron chi connectivity index (χ1n) is 6.49. The lowest BCUT2D eigenvalue weighted by Gasteiger charge is -2.14. The summed E-state index contributed by atoms with van der Waals surface area (Å²) in [5.41, 5.74) is 7.32. The summed E-state index contributed by atoms with van der Waals surface area (Å²) in [6.45, 7) is 4.07. The molecule has 1 aromatic heterocycles. The van der Waals surface area contributed by atoms with Gasteiger partial charge in [0, 0.05) is 11.3 Å². The minimum atomic E-state index is -0.495. The third-order valence-electron chi connectivity index (χ3n) is 2.82. The van der Waals surface area contributed by atoms with Gasteiger partial charge in [-0.2, -0.15) is 0 Å². The number of hydrogen-bond acceptors (Lipinski definition) is 5. The lowest BCUT2D eigenvalue weighted by atomic mass is 10.0. The lowest BCUT2D eigenvalue weighted by Crippen LogP contribution is -2.36. The molecule has 2 aromatic rings. The quantitative estimate of drug-likeness (QED) is 0.870. The Hall–Kier alpha value is -2.21. The van der Waals surface area contributed by atoms with Gasteiger partial charge in [-0.25, -0.2) is 0 Å². The van der Waals surface area contributed by atoms with Crippen molar-refractivity contribution in [2.75, 3.05) is 5.32 Å². The lowest BCUT2D eigenvalue weighted by molar-refractivity contribution is -0.117. The molecule has 1 atom stereocenters. The fraction of sp³-hybridized carbons (Fsp3) is 0.357. The number of nitrogens with two attached hydrogens (primary N) is 1. The molecule has 106 valence electrons. The van der Waals surface area contributed by atoms with Crippen LogP contribution in [0.25, 0.3) is 11.5 Å². The number of carbonyl (C=O) groups excluding carboxylic acids is 1. The van der Waals surface area contributed by atoms with Crippen LogP contribution in [0.5, 0.6) is 0 Å². The van der Waals surface area contributed by atoms with Crippen LogP contribution in [-0.2, 0) is 4.79 Å². The summed E-state index contributed by atoms with van der Waals surface area (Å²) in [4.78, 5) is 11.9. The van der Waals surface area contributed by atoms with Gasteiger partial charge in [-0.05, 0) is 36.6 Å². The summed E-state index contributed by atoms with van der Waals surface area (Å²) in [5.74, 6) is 0.652. The summed E-state index contributed by atoms with van der Waals surface area (Å²) >= 11 is 0. The molecule has 0 fully saturated rings. The minimum absolute atomic E-state index is 0.177. The molecule has 0 aliphatic heterocycles. The number of aromatic nitrogens is 2. The molecule has 20 heavy (non-hydrogen) atoms. The Bertz CT molecular complexity index is 549. The highest BCUT2D eigenvalue weighted by Gasteiger charge is 2.15. The van der Waals surface area contributed by atoms with Crippen LogP contribution in [0.3, 0.4) is 0 Å². The van der Waals surface area contributed by atoms with Crippen molar-refractivity contribution in [1.82, 2.24) is 10.2 Å². The molecule has 2 rings (SSSR count). The van der Waals surface area contributed by atoms with E-state index in [0.717, 1.165) is 5.56 Å². The van der Waals surface area contributed by atoms with Crippen LogP contribution < -0.4 is 11.1 Å². The van der Waals surface area contributed by atoms with E-state index in [4.69, 9.17) is 10.2 Å². The van der Waals surface area contributed by atoms with Crippen LogP contribution in [0, 0.1) is 5.92 Å². The highest BCUT2D eigenvalue weighted by atomic mass is 16.4. The normalized spacial score (nSPS) is 12.4. The number of nitrogens with zero attached hydrogens (tertiary/aromatic N) is 2. The predicted octanol–water partition coefficient (Wildman–Crippen LogP) is 2.05. The van der Waals surface area contributed by atoms with E-state index in [1.165, 1.54) is 6.39 Å². The van der Waals surface area contributed by atoms with Gasteiger partial charge >= 0.3 is 0 Å². The van der Waals surface area contributed by atoms with Crippen LogP contribution in [0.2, 0.25) is 0 Å². The average Bonchev–Trinajstić information content (AvgIpc) is 2.92. The summed E-state index contributed by atoms with van der Waals surface area (Å²) in [5, 5.41) is 10.2. The summed E-state index contributed by atoms with van der Waals surface area (Å²) < 4.78 is 5.09. The van der Waals surface area contributed by atoms with Gasteiger partial charge in [-0.3, -0.25) is 4.79 Å². The Kier molecular flexibility index (Phi) is 4.47. The maximum atomic E-state index is 11.9. The molecule has 0 bridgehead atoms. The Labute approximate surface area is 117 Å². The molecule has 6 heteroatoms.